The summed E-state index contributed by atoms with van der Waals surface area (Å²) in [5, 5.41) is 0. The first-order valence-electron chi connectivity index (χ1n) is 14.0. The molecular formula is C39H27N3. The van der Waals surface area contributed by atoms with E-state index in [1.165, 1.54) is 0 Å². The summed E-state index contributed by atoms with van der Waals surface area (Å²) >= 11 is 0. The van der Waals surface area contributed by atoms with Crippen LogP contribution < -0.4 is 0 Å². The Bertz CT molecular complexity index is 1940. The van der Waals surface area contributed by atoms with Crippen molar-refractivity contribution in [2.75, 3.05) is 0 Å². The van der Waals surface area contributed by atoms with E-state index >= 15 is 0 Å². The standard InChI is InChI=1S/C39H27N3/c1-5-16-28(17-6-1)34-35(29-18-7-2-8-19-29)37(31-22-11-4-12-23-31)42-39(36(34)30-20-9-3-10-21-30)38-32(24-15-27-41-38)33-25-13-14-26-40-33/h1-27H. The van der Waals surface area contributed by atoms with Crippen molar-refractivity contribution in [3.8, 4) is 67.3 Å². The first-order chi connectivity index (χ1) is 20.9. The minimum Gasteiger partial charge on any atom is -0.256 e. The number of benzene rings is 4. The quantitative estimate of drug-likeness (QED) is 0.212. The Balaban J connectivity index is 1.69. The Kier molecular flexibility index (Phi) is 6.89. The lowest BCUT2D eigenvalue weighted by Gasteiger charge is -2.23. The smallest absolute Gasteiger partial charge is 0.0986 e. The van der Waals surface area contributed by atoms with E-state index in [4.69, 9.17) is 15.0 Å². The second-order valence-corrected chi connectivity index (χ2v) is 10.0. The molecule has 0 atom stereocenters. The first kappa shape index (κ1) is 25.3. The van der Waals surface area contributed by atoms with Crippen molar-refractivity contribution < 1.29 is 0 Å². The summed E-state index contributed by atoms with van der Waals surface area (Å²) in [6.07, 6.45) is 3.66. The lowest BCUT2D eigenvalue weighted by Crippen LogP contribution is -2.03. The first-order valence-corrected chi connectivity index (χ1v) is 14.0. The van der Waals surface area contributed by atoms with Crippen LogP contribution in [0.1, 0.15) is 0 Å². The van der Waals surface area contributed by atoms with Crippen molar-refractivity contribution in [3.63, 3.8) is 0 Å². The number of aromatic nitrogens is 3. The van der Waals surface area contributed by atoms with Gasteiger partial charge in [-0.1, -0.05) is 127 Å². The molecule has 0 N–H and O–H groups in total. The van der Waals surface area contributed by atoms with Crippen LogP contribution in [0.4, 0.5) is 0 Å². The highest BCUT2D eigenvalue weighted by molar-refractivity contribution is 6.05. The van der Waals surface area contributed by atoms with Crippen LogP contribution in [0.3, 0.4) is 0 Å². The predicted molar refractivity (Wildman–Crippen MR) is 172 cm³/mol. The summed E-state index contributed by atoms with van der Waals surface area (Å²) in [4.78, 5) is 15.2. The maximum absolute atomic E-state index is 5.55. The van der Waals surface area contributed by atoms with Gasteiger partial charge < -0.3 is 0 Å². The molecule has 7 rings (SSSR count). The summed E-state index contributed by atoms with van der Waals surface area (Å²) in [6, 6.07) is 52.2. The number of pyridine rings is 3. The van der Waals surface area contributed by atoms with Gasteiger partial charge in [0.25, 0.3) is 0 Å². The monoisotopic (exact) mass is 537 g/mol. The third-order valence-corrected chi connectivity index (χ3v) is 7.40. The van der Waals surface area contributed by atoms with Gasteiger partial charge in [0.15, 0.2) is 0 Å². The number of rotatable bonds is 6. The van der Waals surface area contributed by atoms with Crippen LogP contribution in [0.15, 0.2) is 164 Å². The van der Waals surface area contributed by atoms with Gasteiger partial charge in [0.05, 0.1) is 22.8 Å². The summed E-state index contributed by atoms with van der Waals surface area (Å²) < 4.78 is 0. The molecule has 3 nitrogen and oxygen atoms in total. The number of hydrogen-bond donors (Lipinski definition) is 0. The minimum atomic E-state index is 0.795. The van der Waals surface area contributed by atoms with Crippen molar-refractivity contribution in [2.24, 2.45) is 0 Å². The summed E-state index contributed by atoms with van der Waals surface area (Å²) in [7, 11) is 0. The topological polar surface area (TPSA) is 38.7 Å². The van der Waals surface area contributed by atoms with Gasteiger partial charge in [0.2, 0.25) is 0 Å². The molecule has 0 radical (unpaired) electrons. The number of nitrogens with zero attached hydrogens (tertiary/aromatic N) is 3. The normalized spacial score (nSPS) is 10.9. The molecule has 0 amide bonds. The third-order valence-electron chi connectivity index (χ3n) is 7.40. The Morgan fingerprint density at radius 2 is 0.786 bits per heavy atom. The van der Waals surface area contributed by atoms with Crippen LogP contribution in [0, 0.1) is 0 Å². The van der Waals surface area contributed by atoms with E-state index in [1.54, 1.807) is 0 Å². The number of hydrogen-bond acceptors (Lipinski definition) is 3. The molecule has 3 heterocycles. The minimum absolute atomic E-state index is 0.795. The lowest BCUT2D eigenvalue weighted by atomic mass is 9.83. The fraction of sp³-hybridized carbons (Fsp3) is 0. The summed E-state index contributed by atoms with van der Waals surface area (Å²) in [5.41, 5.74) is 11.9. The van der Waals surface area contributed by atoms with E-state index in [0.29, 0.717) is 0 Å². The van der Waals surface area contributed by atoms with Crippen LogP contribution in [0.5, 0.6) is 0 Å². The molecule has 0 aliphatic heterocycles. The highest BCUT2D eigenvalue weighted by atomic mass is 14.8. The van der Waals surface area contributed by atoms with E-state index in [9.17, 15) is 0 Å². The second-order valence-electron chi connectivity index (χ2n) is 10.0. The van der Waals surface area contributed by atoms with Gasteiger partial charge in [0.1, 0.15) is 0 Å². The van der Waals surface area contributed by atoms with Gasteiger partial charge in [-0.15, -0.1) is 0 Å². The molecule has 0 saturated carbocycles. The van der Waals surface area contributed by atoms with Crippen molar-refractivity contribution >= 4 is 0 Å². The zero-order valence-corrected chi connectivity index (χ0v) is 22.9. The zero-order chi connectivity index (χ0) is 28.1. The van der Waals surface area contributed by atoms with E-state index in [-0.39, 0.29) is 0 Å². The second kappa shape index (κ2) is 11.4. The Labute approximate surface area is 245 Å². The maximum atomic E-state index is 5.55. The molecule has 0 saturated heterocycles. The molecule has 0 bridgehead atoms. The predicted octanol–water partition coefficient (Wildman–Crippen LogP) is 9.87. The van der Waals surface area contributed by atoms with Gasteiger partial charge in [0, 0.05) is 40.2 Å². The van der Waals surface area contributed by atoms with Gasteiger partial charge in [-0.3, -0.25) is 9.97 Å². The van der Waals surface area contributed by atoms with Gasteiger partial charge in [-0.25, -0.2) is 4.98 Å². The van der Waals surface area contributed by atoms with Gasteiger partial charge in [-0.2, -0.15) is 0 Å². The molecule has 4 aromatic carbocycles. The molecule has 3 aromatic heterocycles. The van der Waals surface area contributed by atoms with Gasteiger partial charge in [-0.05, 0) is 41.0 Å². The fourth-order valence-corrected chi connectivity index (χ4v) is 5.55. The van der Waals surface area contributed by atoms with Crippen molar-refractivity contribution in [1.29, 1.82) is 0 Å². The molecule has 0 aliphatic carbocycles. The average molecular weight is 538 g/mol. The van der Waals surface area contributed by atoms with Crippen LogP contribution in [0.25, 0.3) is 67.3 Å². The van der Waals surface area contributed by atoms with E-state index in [2.05, 4.69) is 121 Å². The molecule has 198 valence electrons. The molecular weight excluding hydrogens is 510 g/mol. The molecule has 0 fully saturated rings. The van der Waals surface area contributed by atoms with Gasteiger partial charge >= 0.3 is 0 Å². The Morgan fingerprint density at radius 3 is 1.33 bits per heavy atom. The fourth-order valence-electron chi connectivity index (χ4n) is 5.55. The third kappa shape index (κ3) is 4.78. The maximum Gasteiger partial charge on any atom is 0.0986 e. The Hall–Kier alpha value is -5.67. The molecule has 7 aromatic rings. The van der Waals surface area contributed by atoms with Crippen LogP contribution in [0.2, 0.25) is 0 Å². The van der Waals surface area contributed by atoms with Crippen LogP contribution in [-0.2, 0) is 0 Å². The van der Waals surface area contributed by atoms with E-state index in [1.807, 2.05) is 42.7 Å². The van der Waals surface area contributed by atoms with Crippen molar-refractivity contribution in [1.82, 2.24) is 15.0 Å². The average Bonchev–Trinajstić information content (AvgIpc) is 3.09. The summed E-state index contributed by atoms with van der Waals surface area (Å²) in [5.74, 6) is 0. The Morgan fingerprint density at radius 1 is 0.310 bits per heavy atom. The SMILES string of the molecule is c1ccc(-c2nc(-c3ncccc3-c3ccccn3)c(-c3ccccc3)c(-c3ccccc3)c2-c2ccccc2)cc1. The van der Waals surface area contributed by atoms with Crippen molar-refractivity contribution in [2.45, 2.75) is 0 Å². The van der Waals surface area contributed by atoms with Crippen LogP contribution >= 0.6 is 0 Å². The molecule has 0 unspecified atom stereocenters. The molecule has 3 heteroatoms. The lowest BCUT2D eigenvalue weighted by molar-refractivity contribution is 1.23. The highest BCUT2D eigenvalue weighted by Crippen LogP contribution is 2.49. The largest absolute Gasteiger partial charge is 0.256 e. The zero-order valence-electron chi connectivity index (χ0n) is 22.9. The molecule has 42 heavy (non-hydrogen) atoms. The highest BCUT2D eigenvalue weighted by Gasteiger charge is 2.26. The molecule has 0 spiro atoms. The van der Waals surface area contributed by atoms with Crippen LogP contribution in [-0.4, -0.2) is 15.0 Å². The van der Waals surface area contributed by atoms with E-state index in [0.717, 1.165) is 67.3 Å². The van der Waals surface area contributed by atoms with E-state index < -0.39 is 0 Å². The summed E-state index contributed by atoms with van der Waals surface area (Å²) in [6.45, 7) is 0. The molecule has 0 aliphatic rings. The van der Waals surface area contributed by atoms with Crippen molar-refractivity contribution in [3.05, 3.63) is 164 Å².